The van der Waals surface area contributed by atoms with E-state index >= 15 is 0 Å². The number of anilines is 1. The van der Waals surface area contributed by atoms with E-state index in [0.29, 0.717) is 10.2 Å². The number of alkyl halides is 2. The van der Waals surface area contributed by atoms with Crippen LogP contribution in [0.3, 0.4) is 0 Å². The van der Waals surface area contributed by atoms with Gasteiger partial charge in [0.1, 0.15) is 17.1 Å². The lowest BCUT2D eigenvalue weighted by molar-refractivity contribution is 0.102. The number of nitrogens with zero attached hydrogens (tertiary/aromatic N) is 5. The Balaban J connectivity index is 1.61. The molecule has 0 unspecified atom stereocenters. The summed E-state index contributed by atoms with van der Waals surface area (Å²) < 4.78 is 43.4. The van der Waals surface area contributed by atoms with Crippen LogP contribution in [0.25, 0.3) is 5.65 Å². The van der Waals surface area contributed by atoms with Gasteiger partial charge in [-0.1, -0.05) is 17.7 Å². The van der Waals surface area contributed by atoms with Crippen molar-refractivity contribution in [3.05, 3.63) is 74.5 Å². The number of carbonyl (C=O) groups is 1. The van der Waals surface area contributed by atoms with Gasteiger partial charge >= 0.3 is 0 Å². The van der Waals surface area contributed by atoms with Crippen molar-refractivity contribution < 1.29 is 18.0 Å². The summed E-state index contributed by atoms with van der Waals surface area (Å²) >= 11 is 9.34. The number of fused-ring (bicyclic) bond motifs is 1. The molecule has 0 aliphatic carbocycles. The van der Waals surface area contributed by atoms with Gasteiger partial charge < -0.3 is 5.32 Å². The zero-order chi connectivity index (χ0) is 22.3. The summed E-state index contributed by atoms with van der Waals surface area (Å²) in [5.74, 6) is -0.964. The van der Waals surface area contributed by atoms with E-state index in [9.17, 15) is 18.0 Å². The Morgan fingerprint density at radius 3 is 2.84 bits per heavy atom. The number of hydrogen-bond donors (Lipinski definition) is 1. The fourth-order valence-electron chi connectivity index (χ4n) is 3.01. The van der Waals surface area contributed by atoms with E-state index in [0.717, 1.165) is 10.7 Å². The number of halogens is 5. The summed E-state index contributed by atoms with van der Waals surface area (Å²) in [6.07, 6.45) is -0.0752. The normalized spacial score (nSPS) is 11.5. The summed E-state index contributed by atoms with van der Waals surface area (Å²) in [5.41, 5.74) is 0.211. The highest BCUT2D eigenvalue weighted by atomic mass is 79.9. The minimum atomic E-state index is -2.78. The molecule has 0 saturated carbocycles. The van der Waals surface area contributed by atoms with Crippen LogP contribution in [0.5, 0.6) is 0 Å². The van der Waals surface area contributed by atoms with E-state index < -0.39 is 18.1 Å². The van der Waals surface area contributed by atoms with Crippen molar-refractivity contribution in [2.45, 2.75) is 19.9 Å². The van der Waals surface area contributed by atoms with Gasteiger partial charge in [-0.3, -0.25) is 9.48 Å². The molecule has 0 saturated heterocycles. The number of rotatable bonds is 5. The number of nitrogens with one attached hydrogen (secondary N) is 1. The standard InChI is InChI=1S/C19H13BrClF3N6O/c1-9-5-15(16(23)24)30-18(26-9)10(6-25-30)19(31)27-17-12(20)8-29(28-17)7-11-13(21)3-2-4-14(11)22/h2-6,8,16H,7H2,1H3,(H,27,28,31). The predicted molar refractivity (Wildman–Crippen MR) is 111 cm³/mol. The highest BCUT2D eigenvalue weighted by Crippen LogP contribution is 2.26. The van der Waals surface area contributed by atoms with Crippen LogP contribution in [-0.4, -0.2) is 30.3 Å². The second-order valence-corrected chi connectivity index (χ2v) is 7.86. The zero-order valence-corrected chi connectivity index (χ0v) is 18.1. The molecule has 0 aliphatic heterocycles. The van der Waals surface area contributed by atoms with Crippen LogP contribution >= 0.6 is 27.5 Å². The summed E-state index contributed by atoms with van der Waals surface area (Å²) in [7, 11) is 0. The Morgan fingerprint density at radius 2 is 2.13 bits per heavy atom. The van der Waals surface area contributed by atoms with Crippen LogP contribution in [0.15, 0.2) is 41.1 Å². The lowest BCUT2D eigenvalue weighted by Gasteiger charge is -2.06. The van der Waals surface area contributed by atoms with Gasteiger partial charge in [-0.25, -0.2) is 22.7 Å². The molecule has 7 nitrogen and oxygen atoms in total. The first-order valence-corrected chi connectivity index (χ1v) is 10.0. The monoisotopic (exact) mass is 512 g/mol. The molecule has 3 aromatic heterocycles. The number of benzene rings is 1. The molecule has 160 valence electrons. The van der Waals surface area contributed by atoms with Gasteiger partial charge in [0.2, 0.25) is 0 Å². The molecule has 1 N–H and O–H groups in total. The Hall–Kier alpha value is -2.92. The predicted octanol–water partition coefficient (Wildman–Crippen LogP) is 5.03. The van der Waals surface area contributed by atoms with Crippen LogP contribution in [0.2, 0.25) is 5.02 Å². The fraction of sp³-hybridized carbons (Fsp3) is 0.158. The lowest BCUT2D eigenvalue weighted by atomic mass is 10.2. The summed E-state index contributed by atoms with van der Waals surface area (Å²) in [6.45, 7) is 1.59. The number of aromatic nitrogens is 5. The van der Waals surface area contributed by atoms with Crippen LogP contribution in [0.1, 0.15) is 33.7 Å². The van der Waals surface area contributed by atoms with Crippen molar-refractivity contribution in [3.8, 4) is 0 Å². The molecule has 1 amide bonds. The number of aryl methyl sites for hydroxylation is 1. The van der Waals surface area contributed by atoms with Crippen molar-refractivity contribution in [1.29, 1.82) is 0 Å². The fourth-order valence-corrected chi connectivity index (χ4v) is 3.65. The average Bonchev–Trinajstić information content (AvgIpc) is 3.27. The quantitative estimate of drug-likeness (QED) is 0.406. The van der Waals surface area contributed by atoms with Crippen LogP contribution < -0.4 is 5.32 Å². The van der Waals surface area contributed by atoms with E-state index in [1.54, 1.807) is 19.2 Å². The van der Waals surface area contributed by atoms with Crippen molar-refractivity contribution in [2.24, 2.45) is 0 Å². The molecule has 0 atom stereocenters. The maximum Gasteiger partial charge on any atom is 0.280 e. The Labute approximate surface area is 187 Å². The lowest BCUT2D eigenvalue weighted by Crippen LogP contribution is -2.14. The molecule has 12 heteroatoms. The third-order valence-corrected chi connectivity index (χ3v) is 5.36. The third-order valence-electron chi connectivity index (χ3n) is 4.43. The zero-order valence-electron chi connectivity index (χ0n) is 15.8. The number of amides is 1. The SMILES string of the molecule is Cc1cc(C(F)F)n2ncc(C(=O)Nc3nn(Cc4c(F)cccc4Cl)cc3Br)c2n1. The first-order chi connectivity index (χ1) is 14.7. The highest BCUT2D eigenvalue weighted by Gasteiger charge is 2.22. The largest absolute Gasteiger partial charge is 0.304 e. The van der Waals surface area contributed by atoms with Gasteiger partial charge in [-0.2, -0.15) is 10.2 Å². The first kappa shape index (κ1) is 21.3. The minimum Gasteiger partial charge on any atom is -0.304 e. The molecule has 1 aromatic carbocycles. The summed E-state index contributed by atoms with van der Waals surface area (Å²) in [5, 5.41) is 10.9. The average molecular weight is 514 g/mol. The minimum absolute atomic E-state index is 0.00138. The van der Waals surface area contributed by atoms with Gasteiger partial charge in [0, 0.05) is 22.5 Å². The Morgan fingerprint density at radius 1 is 1.35 bits per heavy atom. The van der Waals surface area contributed by atoms with E-state index in [4.69, 9.17) is 11.6 Å². The van der Waals surface area contributed by atoms with E-state index in [1.807, 2.05) is 0 Å². The van der Waals surface area contributed by atoms with Crippen LogP contribution in [-0.2, 0) is 6.54 Å². The number of hydrogen-bond acceptors (Lipinski definition) is 4. The van der Waals surface area contributed by atoms with E-state index in [-0.39, 0.29) is 39.9 Å². The molecule has 0 radical (unpaired) electrons. The van der Waals surface area contributed by atoms with Gasteiger partial charge in [0.25, 0.3) is 12.3 Å². The highest BCUT2D eigenvalue weighted by molar-refractivity contribution is 9.10. The molecule has 0 fully saturated rings. The van der Waals surface area contributed by atoms with E-state index in [2.05, 4.69) is 36.4 Å². The molecular weight excluding hydrogens is 501 g/mol. The van der Waals surface area contributed by atoms with Crippen LogP contribution in [0.4, 0.5) is 19.0 Å². The van der Waals surface area contributed by atoms with Crippen molar-refractivity contribution in [1.82, 2.24) is 24.4 Å². The summed E-state index contributed by atoms with van der Waals surface area (Å²) in [6, 6.07) is 5.56. The van der Waals surface area contributed by atoms with Crippen molar-refractivity contribution >= 4 is 44.9 Å². The van der Waals surface area contributed by atoms with E-state index in [1.165, 1.54) is 22.9 Å². The van der Waals surface area contributed by atoms with Crippen molar-refractivity contribution in [2.75, 3.05) is 5.32 Å². The first-order valence-electron chi connectivity index (χ1n) is 8.85. The molecule has 0 aliphatic rings. The van der Waals surface area contributed by atoms with Crippen molar-refractivity contribution in [3.63, 3.8) is 0 Å². The van der Waals surface area contributed by atoms with Crippen LogP contribution in [0, 0.1) is 12.7 Å². The smallest absolute Gasteiger partial charge is 0.280 e. The summed E-state index contributed by atoms with van der Waals surface area (Å²) in [4.78, 5) is 16.9. The molecule has 3 heterocycles. The maximum atomic E-state index is 14.0. The Kier molecular flexibility index (Phi) is 5.71. The van der Waals surface area contributed by atoms with Gasteiger partial charge in [-0.15, -0.1) is 0 Å². The maximum absolute atomic E-state index is 14.0. The second kappa shape index (κ2) is 8.31. The second-order valence-electron chi connectivity index (χ2n) is 6.59. The van der Waals surface area contributed by atoms with Gasteiger partial charge in [0.15, 0.2) is 11.5 Å². The molecule has 4 aromatic rings. The molecular formula is C19H13BrClF3N6O. The molecule has 0 spiro atoms. The third kappa shape index (κ3) is 4.15. The number of carbonyl (C=O) groups excluding carboxylic acids is 1. The topological polar surface area (TPSA) is 77.1 Å². The molecule has 0 bridgehead atoms. The molecule has 31 heavy (non-hydrogen) atoms. The van der Waals surface area contributed by atoms with Gasteiger partial charge in [-0.05, 0) is 41.1 Å². The Bertz CT molecular complexity index is 1290. The van der Waals surface area contributed by atoms with Gasteiger partial charge in [0.05, 0.1) is 17.2 Å². The molecule has 4 rings (SSSR count).